The number of halogens is 2. The molecule has 0 bridgehead atoms. The van der Waals surface area contributed by atoms with E-state index in [1.54, 1.807) is 32.0 Å². The molecule has 0 unspecified atom stereocenters. The minimum absolute atomic E-state index is 0.294. The smallest absolute Gasteiger partial charge is 0.134 e. The van der Waals surface area contributed by atoms with Gasteiger partial charge in [-0.05, 0) is 48.7 Å². The van der Waals surface area contributed by atoms with Crippen LogP contribution in [0.3, 0.4) is 0 Å². The summed E-state index contributed by atoms with van der Waals surface area (Å²) in [7, 11) is 0. The number of aryl methyl sites for hydroxylation is 2. The molecule has 0 fully saturated rings. The maximum absolute atomic E-state index is 13.8. The summed E-state index contributed by atoms with van der Waals surface area (Å²) in [5.41, 5.74) is 2.41. The maximum atomic E-state index is 13.8. The van der Waals surface area contributed by atoms with Gasteiger partial charge < -0.3 is 0 Å². The van der Waals surface area contributed by atoms with Crippen molar-refractivity contribution in [1.29, 1.82) is 0 Å². The zero-order valence-electron chi connectivity index (χ0n) is 9.14. The first-order valence-corrected chi connectivity index (χ1v) is 5.03. The Hall–Kier alpha value is -1.70. The van der Waals surface area contributed by atoms with Crippen molar-refractivity contribution in [2.75, 3.05) is 0 Å². The number of hydrogen-bond acceptors (Lipinski definition) is 0. The first kappa shape index (κ1) is 10.8. The van der Waals surface area contributed by atoms with E-state index in [-0.39, 0.29) is 11.6 Å². The third-order valence-corrected chi connectivity index (χ3v) is 2.59. The molecule has 0 aliphatic carbocycles. The van der Waals surface area contributed by atoms with Gasteiger partial charge in [-0.15, -0.1) is 0 Å². The van der Waals surface area contributed by atoms with Crippen molar-refractivity contribution < 1.29 is 8.78 Å². The van der Waals surface area contributed by atoms with Crippen molar-refractivity contribution in [3.63, 3.8) is 0 Å². The van der Waals surface area contributed by atoms with Crippen LogP contribution in [0.2, 0.25) is 0 Å². The molecule has 1 radical (unpaired) electrons. The average molecular weight is 217 g/mol. The summed E-state index contributed by atoms with van der Waals surface area (Å²) < 4.78 is 26.8. The number of hydrogen-bond donors (Lipinski definition) is 0. The highest BCUT2D eigenvalue weighted by Crippen LogP contribution is 2.27. The Labute approximate surface area is 93.5 Å². The summed E-state index contributed by atoms with van der Waals surface area (Å²) in [6.07, 6.45) is 0. The maximum Gasteiger partial charge on any atom is 0.134 e. The first-order chi connectivity index (χ1) is 7.59. The molecule has 0 heterocycles. The lowest BCUT2D eigenvalue weighted by molar-refractivity contribution is 0.619. The standard InChI is InChI=1S/C14H11F2/c1-9-4-3-5-13(14(9)16)12-7-6-11(15)8-10(12)2/h3,5-8H,1-2H3. The molecule has 2 heteroatoms. The third kappa shape index (κ3) is 1.83. The van der Waals surface area contributed by atoms with Crippen molar-refractivity contribution in [1.82, 2.24) is 0 Å². The van der Waals surface area contributed by atoms with Crippen molar-refractivity contribution in [2.24, 2.45) is 0 Å². The predicted octanol–water partition coefficient (Wildman–Crippen LogP) is 4.05. The molecular formula is C14H11F2. The van der Waals surface area contributed by atoms with Crippen molar-refractivity contribution in [3.8, 4) is 11.1 Å². The molecule has 0 saturated carbocycles. The van der Waals surface area contributed by atoms with Gasteiger partial charge in [0.1, 0.15) is 11.6 Å². The molecule has 0 amide bonds. The highest BCUT2D eigenvalue weighted by molar-refractivity contribution is 5.68. The molecule has 0 aromatic heterocycles. The van der Waals surface area contributed by atoms with Gasteiger partial charge in [0.05, 0.1) is 0 Å². The zero-order chi connectivity index (χ0) is 11.7. The normalized spacial score (nSPS) is 10.5. The van der Waals surface area contributed by atoms with Gasteiger partial charge >= 0.3 is 0 Å². The molecular weight excluding hydrogens is 206 g/mol. The fraction of sp³-hybridized carbons (Fsp3) is 0.143. The molecule has 0 spiro atoms. The topological polar surface area (TPSA) is 0 Å². The lowest BCUT2D eigenvalue weighted by Crippen LogP contribution is -1.91. The molecule has 0 aliphatic rings. The van der Waals surface area contributed by atoms with E-state index in [0.29, 0.717) is 11.1 Å². The van der Waals surface area contributed by atoms with Crippen LogP contribution in [-0.2, 0) is 0 Å². The highest BCUT2D eigenvalue weighted by atomic mass is 19.1. The van der Waals surface area contributed by atoms with E-state index >= 15 is 0 Å². The minimum atomic E-state index is -0.305. The van der Waals surface area contributed by atoms with Gasteiger partial charge in [-0.2, -0.15) is 0 Å². The summed E-state index contributed by atoms with van der Waals surface area (Å²) in [5.74, 6) is -0.599. The Morgan fingerprint density at radius 1 is 1.00 bits per heavy atom. The quantitative estimate of drug-likeness (QED) is 0.676. The summed E-state index contributed by atoms with van der Waals surface area (Å²) >= 11 is 0. The van der Waals surface area contributed by atoms with Gasteiger partial charge in [0, 0.05) is 5.56 Å². The SMILES string of the molecule is Cc1[c]ccc(-c2ccc(F)cc2C)c1F. The lowest BCUT2D eigenvalue weighted by Gasteiger charge is -2.08. The Morgan fingerprint density at radius 2 is 1.75 bits per heavy atom. The van der Waals surface area contributed by atoms with E-state index in [2.05, 4.69) is 6.07 Å². The summed E-state index contributed by atoms with van der Waals surface area (Å²) in [4.78, 5) is 0. The second-order valence-corrected chi connectivity index (χ2v) is 3.79. The second-order valence-electron chi connectivity index (χ2n) is 3.79. The highest BCUT2D eigenvalue weighted by Gasteiger charge is 2.09. The molecule has 0 N–H and O–H groups in total. The van der Waals surface area contributed by atoms with Crippen LogP contribution in [-0.4, -0.2) is 0 Å². The molecule has 16 heavy (non-hydrogen) atoms. The van der Waals surface area contributed by atoms with E-state index in [9.17, 15) is 8.78 Å². The van der Waals surface area contributed by atoms with Gasteiger partial charge in [0.2, 0.25) is 0 Å². The zero-order valence-corrected chi connectivity index (χ0v) is 9.14. The van der Waals surface area contributed by atoms with Gasteiger partial charge in [0.25, 0.3) is 0 Å². The summed E-state index contributed by atoms with van der Waals surface area (Å²) in [6, 6.07) is 10.5. The van der Waals surface area contributed by atoms with Gasteiger partial charge in [-0.25, -0.2) is 8.78 Å². The average Bonchev–Trinajstić information content (AvgIpc) is 2.23. The Kier molecular flexibility index (Phi) is 2.73. The van der Waals surface area contributed by atoms with Crippen LogP contribution in [0.5, 0.6) is 0 Å². The number of benzene rings is 2. The first-order valence-electron chi connectivity index (χ1n) is 5.03. The molecule has 81 valence electrons. The molecule has 2 rings (SSSR count). The van der Waals surface area contributed by atoms with Crippen LogP contribution in [0.15, 0.2) is 30.3 Å². The van der Waals surface area contributed by atoms with E-state index in [1.165, 1.54) is 12.1 Å². The van der Waals surface area contributed by atoms with E-state index in [0.717, 1.165) is 11.1 Å². The Balaban J connectivity index is 2.63. The molecule has 2 aromatic rings. The van der Waals surface area contributed by atoms with E-state index < -0.39 is 0 Å². The summed E-state index contributed by atoms with van der Waals surface area (Å²) in [6.45, 7) is 3.43. The van der Waals surface area contributed by atoms with E-state index in [4.69, 9.17) is 0 Å². The van der Waals surface area contributed by atoms with Crippen LogP contribution in [0, 0.1) is 31.5 Å². The monoisotopic (exact) mass is 217 g/mol. The minimum Gasteiger partial charge on any atom is -0.207 e. The van der Waals surface area contributed by atoms with Crippen LogP contribution >= 0.6 is 0 Å². The van der Waals surface area contributed by atoms with Gasteiger partial charge in [-0.1, -0.05) is 18.2 Å². The van der Waals surface area contributed by atoms with Crippen LogP contribution in [0.4, 0.5) is 8.78 Å². The lowest BCUT2D eigenvalue weighted by atomic mass is 9.98. The van der Waals surface area contributed by atoms with Gasteiger partial charge in [-0.3, -0.25) is 0 Å². The molecule has 0 nitrogen and oxygen atoms in total. The predicted molar refractivity (Wildman–Crippen MR) is 60.1 cm³/mol. The van der Waals surface area contributed by atoms with Crippen LogP contribution in [0.25, 0.3) is 11.1 Å². The van der Waals surface area contributed by atoms with Gasteiger partial charge in [0.15, 0.2) is 0 Å². The molecule has 0 atom stereocenters. The molecule has 0 saturated heterocycles. The van der Waals surface area contributed by atoms with Crippen molar-refractivity contribution in [3.05, 3.63) is 59.2 Å². The van der Waals surface area contributed by atoms with E-state index in [1.807, 2.05) is 0 Å². The Bertz CT molecular complexity index is 530. The molecule has 2 aromatic carbocycles. The fourth-order valence-electron chi connectivity index (χ4n) is 1.73. The Morgan fingerprint density at radius 3 is 2.44 bits per heavy atom. The van der Waals surface area contributed by atoms with Crippen molar-refractivity contribution in [2.45, 2.75) is 13.8 Å². The van der Waals surface area contributed by atoms with Crippen molar-refractivity contribution >= 4 is 0 Å². The largest absolute Gasteiger partial charge is 0.207 e. The fourth-order valence-corrected chi connectivity index (χ4v) is 1.73. The third-order valence-electron chi connectivity index (χ3n) is 2.59. The molecule has 0 aliphatic heterocycles. The second kappa shape index (κ2) is 4.05. The van der Waals surface area contributed by atoms with Crippen LogP contribution in [0.1, 0.15) is 11.1 Å². The summed E-state index contributed by atoms with van der Waals surface area (Å²) in [5, 5.41) is 0. The van der Waals surface area contributed by atoms with Crippen LogP contribution < -0.4 is 0 Å². The number of rotatable bonds is 1.